The van der Waals surface area contributed by atoms with Crippen LogP contribution in [0.2, 0.25) is 0 Å². The lowest BCUT2D eigenvalue weighted by atomic mass is 10.0. The van der Waals surface area contributed by atoms with Gasteiger partial charge in [0.25, 0.3) is 11.4 Å². The summed E-state index contributed by atoms with van der Waals surface area (Å²) in [4.78, 5) is 43.2. The van der Waals surface area contributed by atoms with Gasteiger partial charge in [-0.2, -0.15) is 0 Å². The molecule has 2 aromatic carbocycles. The van der Waals surface area contributed by atoms with E-state index in [0.717, 1.165) is 44.6 Å². The summed E-state index contributed by atoms with van der Waals surface area (Å²) in [6.45, 7) is 6.09. The summed E-state index contributed by atoms with van der Waals surface area (Å²) < 4.78 is 4.84. The van der Waals surface area contributed by atoms with Crippen LogP contribution in [0.15, 0.2) is 36.4 Å². The number of carbonyl (C=O) groups excluding carboxylic acids is 1. The summed E-state index contributed by atoms with van der Waals surface area (Å²) in [5, 5.41) is 30.7. The van der Waals surface area contributed by atoms with Gasteiger partial charge in [-0.05, 0) is 44.7 Å². The van der Waals surface area contributed by atoms with Crippen LogP contribution in [0.3, 0.4) is 0 Å². The quantitative estimate of drug-likeness (QED) is 0.140. The first-order valence-electron chi connectivity index (χ1n) is 12.1. The summed E-state index contributed by atoms with van der Waals surface area (Å²) >= 11 is 0. The molecular weight excluding hydrogens is 468 g/mol. The molecule has 0 fully saturated rings. The number of unbranched alkanes of at least 4 members (excludes halogenated alkanes) is 4. The van der Waals surface area contributed by atoms with Gasteiger partial charge in [-0.1, -0.05) is 51.7 Å². The lowest BCUT2D eigenvalue weighted by Crippen LogP contribution is -2.06. The van der Waals surface area contributed by atoms with Crippen molar-refractivity contribution in [1.29, 1.82) is 0 Å². The Bertz CT molecular complexity index is 1050. The van der Waals surface area contributed by atoms with E-state index < -0.39 is 21.8 Å². The van der Waals surface area contributed by atoms with E-state index in [4.69, 9.17) is 9.84 Å². The maximum absolute atomic E-state index is 11.5. The van der Waals surface area contributed by atoms with Crippen LogP contribution in [0.1, 0.15) is 91.1 Å². The van der Waals surface area contributed by atoms with Gasteiger partial charge in [-0.15, -0.1) is 0 Å². The van der Waals surface area contributed by atoms with Crippen molar-refractivity contribution in [1.82, 2.24) is 0 Å². The Kier molecular flexibility index (Phi) is 13.4. The summed E-state index contributed by atoms with van der Waals surface area (Å²) in [6, 6.07) is 8.63. The zero-order valence-electron chi connectivity index (χ0n) is 21.0. The van der Waals surface area contributed by atoms with Gasteiger partial charge in [-0.3, -0.25) is 20.2 Å². The van der Waals surface area contributed by atoms with Gasteiger partial charge in [0.15, 0.2) is 0 Å². The van der Waals surface area contributed by atoms with E-state index in [1.807, 2.05) is 0 Å². The summed E-state index contributed by atoms with van der Waals surface area (Å²) in [7, 11) is 0. The molecule has 0 saturated heterocycles. The van der Waals surface area contributed by atoms with Crippen LogP contribution < -0.4 is 0 Å². The van der Waals surface area contributed by atoms with Gasteiger partial charge in [0.1, 0.15) is 0 Å². The molecule has 0 aliphatic heterocycles. The minimum absolute atomic E-state index is 0.00153. The lowest BCUT2D eigenvalue weighted by molar-refractivity contribution is -0.385. The molecule has 10 heteroatoms. The van der Waals surface area contributed by atoms with Crippen molar-refractivity contribution in [3.63, 3.8) is 0 Å². The number of carbonyl (C=O) groups is 2. The Labute approximate surface area is 210 Å². The third kappa shape index (κ3) is 9.81. The number of aryl methyl sites for hydroxylation is 2. The molecule has 0 aliphatic carbocycles. The molecule has 10 nitrogen and oxygen atoms in total. The normalized spacial score (nSPS) is 10.2. The SMILES string of the molecule is CCCCCc1ccc(C(=O)O)cc1[N+](=O)[O-].CCCCCc1ccc(C(=O)OCC)cc1[N+](=O)[O-]. The first kappa shape index (κ1) is 30.2. The van der Waals surface area contributed by atoms with Crippen LogP contribution in [0.25, 0.3) is 0 Å². The molecule has 0 bridgehead atoms. The van der Waals surface area contributed by atoms with E-state index in [0.29, 0.717) is 24.0 Å². The number of benzene rings is 2. The first-order valence-corrected chi connectivity index (χ1v) is 12.1. The van der Waals surface area contributed by atoms with Crippen molar-refractivity contribution in [2.75, 3.05) is 6.61 Å². The number of nitrogens with zero attached hydrogens (tertiary/aromatic N) is 2. The number of ether oxygens (including phenoxy) is 1. The molecule has 1 N–H and O–H groups in total. The predicted molar refractivity (Wildman–Crippen MR) is 136 cm³/mol. The van der Waals surface area contributed by atoms with Gasteiger partial charge in [0, 0.05) is 23.3 Å². The number of aromatic carboxylic acids is 1. The van der Waals surface area contributed by atoms with Gasteiger partial charge in [0.05, 0.1) is 27.6 Å². The molecule has 0 heterocycles. The molecule has 0 radical (unpaired) electrons. The highest BCUT2D eigenvalue weighted by molar-refractivity contribution is 5.90. The number of hydrogen-bond donors (Lipinski definition) is 1. The molecular formula is C26H34N2O8. The third-order valence-corrected chi connectivity index (χ3v) is 5.42. The number of carboxylic acid groups (broad SMARTS) is 1. The average molecular weight is 503 g/mol. The van der Waals surface area contributed by atoms with Crippen LogP contribution >= 0.6 is 0 Å². The Morgan fingerprint density at radius 2 is 1.22 bits per heavy atom. The summed E-state index contributed by atoms with van der Waals surface area (Å²) in [5.41, 5.74) is 1.37. The molecule has 0 aromatic heterocycles. The summed E-state index contributed by atoms with van der Waals surface area (Å²) in [5.74, 6) is -1.67. The third-order valence-electron chi connectivity index (χ3n) is 5.42. The highest BCUT2D eigenvalue weighted by atomic mass is 16.6. The molecule has 0 unspecified atom stereocenters. The second-order valence-corrected chi connectivity index (χ2v) is 8.14. The second-order valence-electron chi connectivity index (χ2n) is 8.14. The van der Waals surface area contributed by atoms with Crippen molar-refractivity contribution < 1.29 is 29.3 Å². The predicted octanol–water partition coefficient (Wildman–Crippen LogP) is 6.53. The molecule has 2 rings (SSSR count). The summed E-state index contributed by atoms with van der Waals surface area (Å²) in [6.07, 6.45) is 7.22. The van der Waals surface area contributed by atoms with E-state index in [-0.39, 0.29) is 29.1 Å². The highest BCUT2D eigenvalue weighted by Crippen LogP contribution is 2.24. The van der Waals surface area contributed by atoms with Gasteiger partial charge >= 0.3 is 11.9 Å². The van der Waals surface area contributed by atoms with Gasteiger partial charge in [0.2, 0.25) is 0 Å². The maximum Gasteiger partial charge on any atom is 0.338 e. The van der Waals surface area contributed by atoms with Crippen molar-refractivity contribution in [2.45, 2.75) is 72.1 Å². The van der Waals surface area contributed by atoms with Crippen LogP contribution in [0.4, 0.5) is 11.4 Å². The fourth-order valence-corrected chi connectivity index (χ4v) is 3.50. The lowest BCUT2D eigenvalue weighted by Gasteiger charge is -2.05. The fraction of sp³-hybridized carbons (Fsp3) is 0.462. The van der Waals surface area contributed by atoms with Crippen molar-refractivity contribution in [2.24, 2.45) is 0 Å². The number of hydrogen-bond acceptors (Lipinski definition) is 7. The Hall–Kier alpha value is -3.82. The van der Waals surface area contributed by atoms with E-state index >= 15 is 0 Å². The Balaban J connectivity index is 0.000000362. The van der Waals surface area contributed by atoms with Crippen LogP contribution in [-0.2, 0) is 17.6 Å². The highest BCUT2D eigenvalue weighted by Gasteiger charge is 2.18. The molecule has 2 aromatic rings. The standard InChI is InChI=1S/C14H19NO4.C12H15NO4/c1-3-5-6-7-11-8-9-12(14(16)19-4-2)10-13(11)15(17)18;1-2-3-4-5-9-6-7-10(12(14)15)8-11(9)13(16)17/h8-10H,3-7H2,1-2H3;6-8H,2-5H2,1H3,(H,14,15). The van der Waals surface area contributed by atoms with E-state index in [9.17, 15) is 29.8 Å². The Morgan fingerprint density at radius 3 is 1.61 bits per heavy atom. The smallest absolute Gasteiger partial charge is 0.338 e. The minimum atomic E-state index is -1.15. The molecule has 0 saturated carbocycles. The number of carboxylic acids is 1. The van der Waals surface area contributed by atoms with Crippen molar-refractivity contribution in [3.8, 4) is 0 Å². The van der Waals surface area contributed by atoms with E-state index in [1.54, 1.807) is 19.1 Å². The van der Waals surface area contributed by atoms with Crippen LogP contribution in [-0.4, -0.2) is 33.5 Å². The topological polar surface area (TPSA) is 150 Å². The van der Waals surface area contributed by atoms with E-state index in [2.05, 4.69) is 13.8 Å². The molecule has 0 spiro atoms. The van der Waals surface area contributed by atoms with Gasteiger partial charge < -0.3 is 9.84 Å². The molecule has 0 atom stereocenters. The first-order chi connectivity index (χ1) is 17.2. The van der Waals surface area contributed by atoms with Crippen LogP contribution in [0.5, 0.6) is 0 Å². The monoisotopic (exact) mass is 502 g/mol. The fourth-order valence-electron chi connectivity index (χ4n) is 3.50. The average Bonchev–Trinajstić information content (AvgIpc) is 2.84. The van der Waals surface area contributed by atoms with Crippen molar-refractivity contribution in [3.05, 3.63) is 78.9 Å². The zero-order valence-corrected chi connectivity index (χ0v) is 21.0. The maximum atomic E-state index is 11.5. The second kappa shape index (κ2) is 16.0. The number of esters is 1. The number of nitro benzene ring substituents is 2. The Morgan fingerprint density at radius 1 is 0.778 bits per heavy atom. The van der Waals surface area contributed by atoms with E-state index in [1.165, 1.54) is 18.2 Å². The molecule has 0 aliphatic rings. The van der Waals surface area contributed by atoms with Crippen LogP contribution in [0, 0.1) is 20.2 Å². The minimum Gasteiger partial charge on any atom is -0.478 e. The zero-order chi connectivity index (χ0) is 27.1. The molecule has 196 valence electrons. The number of nitro groups is 2. The molecule has 0 amide bonds. The van der Waals surface area contributed by atoms with Gasteiger partial charge in [-0.25, -0.2) is 9.59 Å². The largest absolute Gasteiger partial charge is 0.478 e. The van der Waals surface area contributed by atoms with Crippen molar-refractivity contribution >= 4 is 23.3 Å². The molecule has 36 heavy (non-hydrogen) atoms. The number of rotatable bonds is 13.